The molecule has 1 N–H and O–H groups in total. The van der Waals surface area contributed by atoms with Gasteiger partial charge in [0.05, 0.1) is 5.75 Å². The van der Waals surface area contributed by atoms with Crippen LogP contribution in [-0.2, 0) is 4.79 Å². The quantitative estimate of drug-likeness (QED) is 0.814. The first kappa shape index (κ1) is 14.4. The Hall–Kier alpha value is -1.57. The number of rotatable bonds is 5. The smallest absolute Gasteiger partial charge is 0.313 e. The number of hydrogen-bond acceptors (Lipinski definition) is 7. The van der Waals surface area contributed by atoms with Gasteiger partial charge < -0.3 is 14.9 Å². The van der Waals surface area contributed by atoms with Crippen LogP contribution >= 0.6 is 11.8 Å². The van der Waals surface area contributed by atoms with E-state index in [1.54, 1.807) is 0 Å². The Balaban J connectivity index is 1.85. The summed E-state index contributed by atoms with van der Waals surface area (Å²) >= 11 is 1.16. The SMILES string of the molecule is O=C(O)CSc1nc(N2CCCC2)nc(N2CCCC2)n1. The number of nitrogens with zero attached hydrogens (tertiary/aromatic N) is 5. The highest BCUT2D eigenvalue weighted by Gasteiger charge is 2.21. The van der Waals surface area contributed by atoms with E-state index >= 15 is 0 Å². The molecule has 0 amide bonds. The minimum absolute atomic E-state index is 0.0249. The van der Waals surface area contributed by atoms with Gasteiger partial charge in [0.2, 0.25) is 11.9 Å². The van der Waals surface area contributed by atoms with Gasteiger partial charge in [-0.15, -0.1) is 0 Å². The molecule has 21 heavy (non-hydrogen) atoms. The van der Waals surface area contributed by atoms with Crippen LogP contribution in [0.3, 0.4) is 0 Å². The summed E-state index contributed by atoms with van der Waals surface area (Å²) < 4.78 is 0. The van der Waals surface area contributed by atoms with E-state index in [0.29, 0.717) is 17.1 Å². The molecule has 0 aliphatic carbocycles. The average Bonchev–Trinajstić information content (AvgIpc) is 3.17. The maximum absolute atomic E-state index is 10.7. The molecule has 3 rings (SSSR count). The van der Waals surface area contributed by atoms with E-state index in [4.69, 9.17) is 5.11 Å². The van der Waals surface area contributed by atoms with Crippen molar-refractivity contribution >= 4 is 29.6 Å². The van der Waals surface area contributed by atoms with E-state index in [1.807, 2.05) is 0 Å². The zero-order valence-electron chi connectivity index (χ0n) is 11.9. The molecule has 0 aromatic carbocycles. The third-order valence-corrected chi connectivity index (χ3v) is 4.53. The summed E-state index contributed by atoms with van der Waals surface area (Å²) in [5.74, 6) is 0.503. The molecule has 114 valence electrons. The van der Waals surface area contributed by atoms with E-state index in [0.717, 1.165) is 63.6 Å². The van der Waals surface area contributed by atoms with Crippen molar-refractivity contribution in [2.24, 2.45) is 0 Å². The van der Waals surface area contributed by atoms with Gasteiger partial charge in [-0.05, 0) is 25.7 Å². The van der Waals surface area contributed by atoms with Crippen molar-refractivity contribution in [1.29, 1.82) is 0 Å². The normalized spacial score (nSPS) is 18.5. The van der Waals surface area contributed by atoms with Crippen molar-refractivity contribution in [1.82, 2.24) is 15.0 Å². The molecule has 7 nitrogen and oxygen atoms in total. The Kier molecular flexibility index (Phi) is 4.42. The van der Waals surface area contributed by atoms with Gasteiger partial charge in [-0.1, -0.05) is 11.8 Å². The Bertz CT molecular complexity index is 481. The lowest BCUT2D eigenvalue weighted by molar-refractivity contribution is -0.133. The fourth-order valence-electron chi connectivity index (χ4n) is 2.64. The molecule has 0 atom stereocenters. The fraction of sp³-hybridized carbons (Fsp3) is 0.692. The van der Waals surface area contributed by atoms with Gasteiger partial charge >= 0.3 is 5.97 Å². The second-order valence-electron chi connectivity index (χ2n) is 5.29. The highest BCUT2D eigenvalue weighted by molar-refractivity contribution is 7.99. The molecule has 1 aromatic rings. The Labute approximate surface area is 127 Å². The average molecular weight is 309 g/mol. The summed E-state index contributed by atoms with van der Waals surface area (Å²) in [5.41, 5.74) is 0. The van der Waals surface area contributed by atoms with Crippen LogP contribution in [0.2, 0.25) is 0 Å². The second kappa shape index (κ2) is 6.46. The third-order valence-electron chi connectivity index (χ3n) is 3.69. The summed E-state index contributed by atoms with van der Waals surface area (Å²) in [4.78, 5) is 28.5. The summed E-state index contributed by atoms with van der Waals surface area (Å²) in [6.45, 7) is 3.86. The summed E-state index contributed by atoms with van der Waals surface area (Å²) in [5, 5.41) is 9.33. The molecule has 2 fully saturated rings. The van der Waals surface area contributed by atoms with E-state index in [2.05, 4.69) is 24.8 Å². The van der Waals surface area contributed by atoms with Gasteiger partial charge in [0.25, 0.3) is 0 Å². The van der Waals surface area contributed by atoms with Crippen LogP contribution in [-0.4, -0.2) is 58.0 Å². The Morgan fingerprint density at radius 3 is 1.86 bits per heavy atom. The van der Waals surface area contributed by atoms with Crippen molar-refractivity contribution in [2.45, 2.75) is 30.8 Å². The van der Waals surface area contributed by atoms with Crippen molar-refractivity contribution < 1.29 is 9.90 Å². The predicted octanol–water partition coefficient (Wildman–Crippen LogP) is 1.25. The minimum Gasteiger partial charge on any atom is -0.481 e. The lowest BCUT2D eigenvalue weighted by atomic mass is 10.4. The van der Waals surface area contributed by atoms with Crippen molar-refractivity contribution in [3.05, 3.63) is 0 Å². The standard InChI is InChI=1S/C13H19N5O2S/c19-10(20)9-21-13-15-11(17-5-1-2-6-17)14-12(16-13)18-7-3-4-8-18/h1-9H2,(H,19,20). The summed E-state index contributed by atoms with van der Waals surface area (Å²) in [7, 11) is 0. The van der Waals surface area contributed by atoms with Crippen LogP contribution in [0.1, 0.15) is 25.7 Å². The van der Waals surface area contributed by atoms with Gasteiger partial charge in [-0.25, -0.2) is 0 Å². The lowest BCUT2D eigenvalue weighted by Gasteiger charge is -2.20. The van der Waals surface area contributed by atoms with Gasteiger partial charge in [-0.2, -0.15) is 15.0 Å². The van der Waals surface area contributed by atoms with E-state index in [9.17, 15) is 4.79 Å². The number of aliphatic carboxylic acids is 1. The summed E-state index contributed by atoms with van der Waals surface area (Å²) in [6.07, 6.45) is 4.62. The van der Waals surface area contributed by atoms with E-state index < -0.39 is 5.97 Å². The van der Waals surface area contributed by atoms with Crippen molar-refractivity contribution in [2.75, 3.05) is 41.7 Å². The number of carboxylic acid groups (broad SMARTS) is 1. The molecular formula is C13H19N5O2S. The van der Waals surface area contributed by atoms with Gasteiger partial charge in [-0.3, -0.25) is 4.79 Å². The molecule has 2 aliphatic heterocycles. The molecule has 8 heteroatoms. The molecule has 2 saturated heterocycles. The number of anilines is 2. The molecule has 1 aromatic heterocycles. The number of hydrogen-bond donors (Lipinski definition) is 1. The van der Waals surface area contributed by atoms with Gasteiger partial charge in [0.1, 0.15) is 0 Å². The van der Waals surface area contributed by atoms with Crippen LogP contribution in [0.15, 0.2) is 5.16 Å². The lowest BCUT2D eigenvalue weighted by Crippen LogP contribution is -2.25. The molecule has 0 saturated carbocycles. The van der Waals surface area contributed by atoms with Gasteiger partial charge in [0, 0.05) is 26.2 Å². The monoisotopic (exact) mass is 309 g/mol. The molecule has 0 radical (unpaired) electrons. The topological polar surface area (TPSA) is 82.4 Å². The fourth-order valence-corrected chi connectivity index (χ4v) is 3.19. The first-order valence-corrected chi connectivity index (χ1v) is 8.31. The van der Waals surface area contributed by atoms with Crippen molar-refractivity contribution in [3.63, 3.8) is 0 Å². The largest absolute Gasteiger partial charge is 0.481 e. The van der Waals surface area contributed by atoms with Gasteiger partial charge in [0.15, 0.2) is 5.16 Å². The summed E-state index contributed by atoms with van der Waals surface area (Å²) in [6, 6.07) is 0. The highest BCUT2D eigenvalue weighted by atomic mass is 32.2. The molecular weight excluding hydrogens is 290 g/mol. The van der Waals surface area contributed by atoms with Crippen LogP contribution in [0.4, 0.5) is 11.9 Å². The maximum Gasteiger partial charge on any atom is 0.313 e. The second-order valence-corrected chi connectivity index (χ2v) is 6.23. The minimum atomic E-state index is -0.856. The first-order chi connectivity index (χ1) is 10.2. The number of thioether (sulfide) groups is 1. The molecule has 0 unspecified atom stereocenters. The number of carbonyl (C=O) groups is 1. The van der Waals surface area contributed by atoms with Crippen LogP contribution in [0.5, 0.6) is 0 Å². The zero-order valence-corrected chi connectivity index (χ0v) is 12.7. The zero-order chi connectivity index (χ0) is 14.7. The number of aromatic nitrogens is 3. The maximum atomic E-state index is 10.7. The van der Waals surface area contributed by atoms with Crippen LogP contribution < -0.4 is 9.80 Å². The Morgan fingerprint density at radius 2 is 1.43 bits per heavy atom. The molecule has 0 spiro atoms. The number of carboxylic acids is 1. The first-order valence-electron chi connectivity index (χ1n) is 7.33. The molecule has 2 aliphatic rings. The third kappa shape index (κ3) is 3.55. The highest BCUT2D eigenvalue weighted by Crippen LogP contribution is 2.24. The molecule has 3 heterocycles. The predicted molar refractivity (Wildman–Crippen MR) is 81.1 cm³/mol. The van der Waals surface area contributed by atoms with Crippen LogP contribution in [0, 0.1) is 0 Å². The van der Waals surface area contributed by atoms with E-state index in [-0.39, 0.29) is 5.75 Å². The Morgan fingerprint density at radius 1 is 0.952 bits per heavy atom. The van der Waals surface area contributed by atoms with E-state index in [1.165, 1.54) is 0 Å². The molecule has 0 bridgehead atoms. The van der Waals surface area contributed by atoms with Crippen molar-refractivity contribution in [3.8, 4) is 0 Å². The van der Waals surface area contributed by atoms with Crippen LogP contribution in [0.25, 0.3) is 0 Å².